The normalized spacial score (nSPS) is 12.3. The molecular formula is C21H17ClN2OS. The molecule has 1 amide bonds. The van der Waals surface area contributed by atoms with Crippen LogP contribution in [0.1, 0.15) is 5.56 Å². The Morgan fingerprint density at radius 2 is 1.81 bits per heavy atom. The number of benzene rings is 3. The lowest BCUT2D eigenvalue weighted by Gasteiger charge is -2.32. The van der Waals surface area contributed by atoms with Gasteiger partial charge >= 0.3 is 0 Å². The van der Waals surface area contributed by atoms with Gasteiger partial charge in [0.2, 0.25) is 5.91 Å². The molecule has 0 atom stereocenters. The van der Waals surface area contributed by atoms with Crippen LogP contribution in [0.5, 0.6) is 0 Å². The molecule has 3 aromatic rings. The number of fused-ring (bicyclic) bond motifs is 2. The van der Waals surface area contributed by atoms with Crippen LogP contribution in [0, 0.1) is 6.92 Å². The van der Waals surface area contributed by atoms with Gasteiger partial charge in [-0.2, -0.15) is 0 Å². The highest BCUT2D eigenvalue weighted by Crippen LogP contribution is 2.48. The zero-order valence-corrected chi connectivity index (χ0v) is 15.8. The quantitative estimate of drug-likeness (QED) is 0.614. The molecule has 0 fully saturated rings. The van der Waals surface area contributed by atoms with Crippen LogP contribution in [0.25, 0.3) is 0 Å². The minimum absolute atomic E-state index is 0.0665. The zero-order chi connectivity index (χ0) is 18.1. The molecule has 0 radical (unpaired) electrons. The molecule has 1 N–H and O–H groups in total. The lowest BCUT2D eigenvalue weighted by atomic mass is 10.2. The number of nitrogens with zero attached hydrogens (tertiary/aromatic N) is 1. The molecular weight excluding hydrogens is 364 g/mol. The average molecular weight is 381 g/mol. The highest BCUT2D eigenvalue weighted by Gasteiger charge is 2.25. The maximum atomic E-state index is 12.7. The maximum absolute atomic E-state index is 12.7. The maximum Gasteiger partial charge on any atom is 0.244 e. The first-order valence-electron chi connectivity index (χ1n) is 8.31. The molecule has 0 aromatic heterocycles. The Kier molecular flexibility index (Phi) is 4.62. The molecule has 1 aliphatic rings. The highest BCUT2D eigenvalue weighted by atomic mass is 35.5. The molecule has 3 aromatic carbocycles. The van der Waals surface area contributed by atoms with Crippen LogP contribution in [-0.2, 0) is 4.79 Å². The molecule has 4 rings (SSSR count). The first-order chi connectivity index (χ1) is 12.6. The van der Waals surface area contributed by atoms with Crippen molar-refractivity contribution in [1.82, 2.24) is 0 Å². The smallest absolute Gasteiger partial charge is 0.244 e. The number of amides is 1. The molecule has 1 heterocycles. The summed E-state index contributed by atoms with van der Waals surface area (Å²) in [6, 6.07) is 21.7. The van der Waals surface area contributed by atoms with E-state index in [1.54, 1.807) is 11.8 Å². The molecule has 0 aliphatic carbocycles. The van der Waals surface area contributed by atoms with Gasteiger partial charge in [0.15, 0.2) is 0 Å². The summed E-state index contributed by atoms with van der Waals surface area (Å²) >= 11 is 7.91. The second-order valence-electron chi connectivity index (χ2n) is 6.19. The number of anilines is 3. The molecule has 0 saturated carbocycles. The van der Waals surface area contributed by atoms with E-state index in [-0.39, 0.29) is 12.5 Å². The van der Waals surface area contributed by atoms with E-state index in [0.29, 0.717) is 5.02 Å². The van der Waals surface area contributed by atoms with Crippen LogP contribution >= 0.6 is 23.4 Å². The van der Waals surface area contributed by atoms with E-state index in [9.17, 15) is 4.79 Å². The Morgan fingerprint density at radius 3 is 2.65 bits per heavy atom. The predicted octanol–water partition coefficient (Wildman–Crippen LogP) is 5.89. The summed E-state index contributed by atoms with van der Waals surface area (Å²) in [5, 5.41) is 3.65. The van der Waals surface area contributed by atoms with E-state index in [0.717, 1.165) is 32.4 Å². The molecule has 0 spiro atoms. The van der Waals surface area contributed by atoms with Crippen LogP contribution < -0.4 is 10.2 Å². The van der Waals surface area contributed by atoms with Gasteiger partial charge in [-0.05, 0) is 55.0 Å². The van der Waals surface area contributed by atoms with E-state index in [4.69, 9.17) is 11.6 Å². The fourth-order valence-corrected chi connectivity index (χ4v) is 4.28. The van der Waals surface area contributed by atoms with Crippen molar-refractivity contribution >= 4 is 46.3 Å². The number of para-hydroxylation sites is 1. The highest BCUT2D eigenvalue weighted by molar-refractivity contribution is 7.99. The molecule has 0 saturated heterocycles. The summed E-state index contributed by atoms with van der Waals surface area (Å²) in [5.41, 5.74) is 3.90. The summed E-state index contributed by atoms with van der Waals surface area (Å²) in [5.74, 6) is -0.0665. The van der Waals surface area contributed by atoms with Crippen molar-refractivity contribution < 1.29 is 4.79 Å². The number of aryl methyl sites for hydroxylation is 1. The molecule has 0 bridgehead atoms. The Hall–Kier alpha value is -2.43. The van der Waals surface area contributed by atoms with Gasteiger partial charge in [0, 0.05) is 20.5 Å². The van der Waals surface area contributed by atoms with Crippen molar-refractivity contribution in [3.05, 3.63) is 77.3 Å². The molecule has 1 aliphatic heterocycles. The van der Waals surface area contributed by atoms with E-state index >= 15 is 0 Å². The molecule has 3 nitrogen and oxygen atoms in total. The van der Waals surface area contributed by atoms with Crippen molar-refractivity contribution in [3.63, 3.8) is 0 Å². The third kappa shape index (κ3) is 3.43. The van der Waals surface area contributed by atoms with Crippen LogP contribution in [0.15, 0.2) is 76.5 Å². The van der Waals surface area contributed by atoms with Crippen LogP contribution in [0.2, 0.25) is 5.02 Å². The molecule has 130 valence electrons. The van der Waals surface area contributed by atoms with E-state index in [2.05, 4.69) is 11.4 Å². The lowest BCUT2D eigenvalue weighted by Crippen LogP contribution is -2.31. The van der Waals surface area contributed by atoms with E-state index < -0.39 is 0 Å². The molecule has 26 heavy (non-hydrogen) atoms. The second-order valence-corrected chi connectivity index (χ2v) is 7.71. The van der Waals surface area contributed by atoms with Gasteiger partial charge in [-0.15, -0.1) is 0 Å². The van der Waals surface area contributed by atoms with Crippen molar-refractivity contribution in [2.75, 3.05) is 16.8 Å². The van der Waals surface area contributed by atoms with Gasteiger partial charge in [-0.1, -0.05) is 47.6 Å². The van der Waals surface area contributed by atoms with Crippen molar-refractivity contribution in [3.8, 4) is 0 Å². The summed E-state index contributed by atoms with van der Waals surface area (Å²) < 4.78 is 0. The van der Waals surface area contributed by atoms with Gasteiger partial charge in [-0.3, -0.25) is 4.79 Å². The minimum atomic E-state index is -0.0665. The van der Waals surface area contributed by atoms with Crippen LogP contribution in [0.3, 0.4) is 0 Å². The number of rotatable bonds is 3. The third-order valence-corrected chi connectivity index (χ3v) is 5.56. The largest absolute Gasteiger partial charge is 0.330 e. The summed E-state index contributed by atoms with van der Waals surface area (Å²) in [6.45, 7) is 2.23. The minimum Gasteiger partial charge on any atom is -0.330 e. The second kappa shape index (κ2) is 7.06. The zero-order valence-electron chi connectivity index (χ0n) is 14.2. The van der Waals surface area contributed by atoms with Gasteiger partial charge < -0.3 is 10.2 Å². The average Bonchev–Trinajstić information content (AvgIpc) is 2.62. The van der Waals surface area contributed by atoms with E-state index in [1.807, 2.05) is 72.5 Å². The topological polar surface area (TPSA) is 32.3 Å². The van der Waals surface area contributed by atoms with Gasteiger partial charge in [-0.25, -0.2) is 0 Å². The fraction of sp³-hybridized carbons (Fsp3) is 0.0952. The van der Waals surface area contributed by atoms with Gasteiger partial charge in [0.1, 0.15) is 6.54 Å². The van der Waals surface area contributed by atoms with Crippen LogP contribution in [-0.4, -0.2) is 12.5 Å². The van der Waals surface area contributed by atoms with Crippen molar-refractivity contribution in [1.29, 1.82) is 0 Å². The number of hydrogen-bond donors (Lipinski definition) is 1. The van der Waals surface area contributed by atoms with Crippen LogP contribution in [0.4, 0.5) is 17.1 Å². The number of carbonyl (C=O) groups is 1. The van der Waals surface area contributed by atoms with Crippen molar-refractivity contribution in [2.45, 2.75) is 16.7 Å². The number of carbonyl (C=O) groups excluding carboxylic acids is 1. The number of hydrogen-bond acceptors (Lipinski definition) is 3. The Labute approximate surface area is 162 Å². The Bertz CT molecular complexity index is 989. The Morgan fingerprint density at radius 1 is 1.00 bits per heavy atom. The van der Waals surface area contributed by atoms with Gasteiger partial charge in [0.25, 0.3) is 0 Å². The van der Waals surface area contributed by atoms with Crippen molar-refractivity contribution in [2.24, 2.45) is 0 Å². The number of halogens is 1. The van der Waals surface area contributed by atoms with Gasteiger partial charge in [0.05, 0.1) is 11.4 Å². The summed E-state index contributed by atoms with van der Waals surface area (Å²) in [7, 11) is 0. The summed E-state index contributed by atoms with van der Waals surface area (Å²) in [6.07, 6.45) is 0. The first kappa shape index (κ1) is 17.0. The lowest BCUT2D eigenvalue weighted by molar-refractivity contribution is -0.114. The standard InChI is InChI=1S/C21H17ClN2OS/c1-14-5-4-6-16(11-14)23-21(25)13-24-17-7-2-3-8-19(17)26-20-10-9-15(22)12-18(20)24/h2-12H,13H2,1H3,(H,23,25). The molecule has 0 unspecified atom stereocenters. The SMILES string of the molecule is Cc1cccc(NC(=O)CN2c3ccccc3Sc3ccc(Cl)cc32)c1. The molecule has 5 heteroatoms. The first-order valence-corrected chi connectivity index (χ1v) is 9.50. The Balaban J connectivity index is 1.65. The monoisotopic (exact) mass is 380 g/mol. The van der Waals surface area contributed by atoms with E-state index in [1.165, 1.54) is 0 Å². The third-order valence-electron chi connectivity index (χ3n) is 4.19. The fourth-order valence-electron chi connectivity index (χ4n) is 3.04. The summed E-state index contributed by atoms with van der Waals surface area (Å²) in [4.78, 5) is 17.0. The number of nitrogens with one attached hydrogen (secondary N) is 1. The predicted molar refractivity (Wildman–Crippen MR) is 109 cm³/mol.